The van der Waals surface area contributed by atoms with Gasteiger partial charge in [0.1, 0.15) is 0 Å². The number of halogens is 3. The second-order valence-corrected chi connectivity index (χ2v) is 3.49. The summed E-state index contributed by atoms with van der Waals surface area (Å²) >= 11 is 0. The highest BCUT2D eigenvalue weighted by molar-refractivity contribution is 5.79. The molecule has 1 aliphatic rings. The maximum Gasteiger partial charge on any atom is 0.416 e. The number of carbonyl (C=O) groups excluding carboxylic acids is 1. The Morgan fingerprint density at radius 3 is 2.73 bits per heavy atom. The third-order valence-electron chi connectivity index (χ3n) is 2.28. The molecule has 0 radical (unpaired) electrons. The largest absolute Gasteiger partial charge is 0.416 e. The van der Waals surface area contributed by atoms with Gasteiger partial charge < -0.3 is 15.7 Å². The van der Waals surface area contributed by atoms with Crippen molar-refractivity contribution in [2.45, 2.75) is 18.7 Å². The topological polar surface area (TPSA) is 61.4 Å². The summed E-state index contributed by atoms with van der Waals surface area (Å²) in [6.45, 7) is 0.396. The Balaban J connectivity index is 2.27. The maximum absolute atomic E-state index is 11.9. The summed E-state index contributed by atoms with van der Waals surface area (Å²) in [5.74, 6) is -0.728. The van der Waals surface area contributed by atoms with Crippen molar-refractivity contribution in [2.75, 3.05) is 19.6 Å². The first-order chi connectivity index (χ1) is 6.91. The summed E-state index contributed by atoms with van der Waals surface area (Å²) in [5.41, 5.74) is 0. The Morgan fingerprint density at radius 2 is 2.27 bits per heavy atom. The van der Waals surface area contributed by atoms with Crippen molar-refractivity contribution in [1.29, 1.82) is 0 Å². The number of carbonyl (C=O) groups is 1. The third kappa shape index (κ3) is 3.67. The molecule has 88 valence electrons. The zero-order valence-corrected chi connectivity index (χ0v) is 7.97. The van der Waals surface area contributed by atoms with Crippen LogP contribution in [0.3, 0.4) is 0 Å². The van der Waals surface area contributed by atoms with E-state index < -0.39 is 24.7 Å². The summed E-state index contributed by atoms with van der Waals surface area (Å²) in [6.07, 6.45) is -6.55. The van der Waals surface area contributed by atoms with Crippen LogP contribution in [0.4, 0.5) is 13.2 Å². The van der Waals surface area contributed by atoms with Gasteiger partial charge in [-0.2, -0.15) is 13.2 Å². The summed E-state index contributed by atoms with van der Waals surface area (Å²) in [5, 5.41) is 13.6. The molecule has 0 bridgehead atoms. The number of alkyl halides is 3. The van der Waals surface area contributed by atoms with E-state index in [1.54, 1.807) is 0 Å². The molecule has 15 heavy (non-hydrogen) atoms. The zero-order valence-electron chi connectivity index (χ0n) is 7.97. The monoisotopic (exact) mass is 226 g/mol. The van der Waals surface area contributed by atoms with Crippen molar-refractivity contribution >= 4 is 5.91 Å². The molecule has 0 aromatic rings. The van der Waals surface area contributed by atoms with Crippen LogP contribution in [0.5, 0.6) is 0 Å². The number of aliphatic hydroxyl groups excluding tert-OH is 1. The number of amides is 1. The number of aliphatic hydroxyl groups is 1. The van der Waals surface area contributed by atoms with E-state index in [4.69, 9.17) is 5.11 Å². The van der Waals surface area contributed by atoms with Gasteiger partial charge >= 0.3 is 6.18 Å². The molecule has 4 nitrogen and oxygen atoms in total. The van der Waals surface area contributed by atoms with E-state index in [1.165, 1.54) is 0 Å². The van der Waals surface area contributed by atoms with Crippen LogP contribution in [-0.4, -0.2) is 42.9 Å². The molecular weight excluding hydrogens is 213 g/mol. The lowest BCUT2D eigenvalue weighted by atomic mass is 10.1. The number of rotatable bonds is 3. The summed E-state index contributed by atoms with van der Waals surface area (Å²) in [4.78, 5) is 11.2. The van der Waals surface area contributed by atoms with Gasteiger partial charge in [-0.15, -0.1) is 0 Å². The SMILES string of the molecule is O=C(NCC(O)C(F)(F)F)[C@H]1CCNC1. The van der Waals surface area contributed by atoms with Gasteiger partial charge in [-0.05, 0) is 13.0 Å². The van der Waals surface area contributed by atoms with Gasteiger partial charge in [0.2, 0.25) is 5.91 Å². The molecular formula is C8H13F3N2O2. The van der Waals surface area contributed by atoms with E-state index in [-0.39, 0.29) is 5.92 Å². The molecule has 0 aromatic heterocycles. The number of hydrogen-bond acceptors (Lipinski definition) is 3. The second kappa shape index (κ2) is 4.80. The van der Waals surface area contributed by atoms with Crippen LogP contribution in [0.2, 0.25) is 0 Å². The predicted molar refractivity (Wildman–Crippen MR) is 46.0 cm³/mol. The molecule has 0 aliphatic carbocycles. The molecule has 1 heterocycles. The molecule has 0 saturated carbocycles. The molecule has 1 unspecified atom stereocenters. The zero-order chi connectivity index (χ0) is 11.5. The van der Waals surface area contributed by atoms with Crippen LogP contribution in [0.1, 0.15) is 6.42 Å². The highest BCUT2D eigenvalue weighted by Gasteiger charge is 2.38. The standard InChI is InChI=1S/C8H13F3N2O2/c9-8(10,11)6(14)4-13-7(15)5-1-2-12-3-5/h5-6,12,14H,1-4H2,(H,13,15)/t5-,6?/m0/s1. The van der Waals surface area contributed by atoms with Gasteiger partial charge in [-0.1, -0.05) is 0 Å². The third-order valence-corrected chi connectivity index (χ3v) is 2.28. The van der Waals surface area contributed by atoms with Crippen molar-refractivity contribution in [2.24, 2.45) is 5.92 Å². The Kier molecular flexibility index (Phi) is 3.92. The van der Waals surface area contributed by atoms with Crippen molar-refractivity contribution in [3.8, 4) is 0 Å². The molecule has 1 rings (SSSR count). The van der Waals surface area contributed by atoms with E-state index >= 15 is 0 Å². The van der Waals surface area contributed by atoms with Crippen LogP contribution >= 0.6 is 0 Å². The molecule has 1 fully saturated rings. The average molecular weight is 226 g/mol. The fourth-order valence-electron chi connectivity index (χ4n) is 1.34. The minimum Gasteiger partial charge on any atom is -0.382 e. The highest BCUT2D eigenvalue weighted by atomic mass is 19.4. The minimum absolute atomic E-state index is 0.287. The normalized spacial score (nSPS) is 23.9. The fourth-order valence-corrected chi connectivity index (χ4v) is 1.34. The van der Waals surface area contributed by atoms with Crippen LogP contribution in [0.25, 0.3) is 0 Å². The predicted octanol–water partition coefficient (Wildman–Crippen LogP) is -0.365. The number of nitrogens with one attached hydrogen (secondary N) is 2. The number of hydrogen-bond donors (Lipinski definition) is 3. The van der Waals surface area contributed by atoms with Gasteiger partial charge in [0.05, 0.1) is 12.5 Å². The lowest BCUT2D eigenvalue weighted by Crippen LogP contribution is -2.43. The van der Waals surface area contributed by atoms with Crippen molar-refractivity contribution in [3.63, 3.8) is 0 Å². The lowest BCUT2D eigenvalue weighted by Gasteiger charge is -2.16. The van der Waals surface area contributed by atoms with Crippen molar-refractivity contribution in [3.05, 3.63) is 0 Å². The van der Waals surface area contributed by atoms with Crippen molar-refractivity contribution < 1.29 is 23.1 Å². The van der Waals surface area contributed by atoms with Crippen LogP contribution in [0, 0.1) is 5.92 Å². The molecule has 3 N–H and O–H groups in total. The van der Waals surface area contributed by atoms with Crippen molar-refractivity contribution in [1.82, 2.24) is 10.6 Å². The Bertz CT molecular complexity index is 226. The fraction of sp³-hybridized carbons (Fsp3) is 0.875. The molecule has 2 atom stereocenters. The summed E-state index contributed by atoms with van der Waals surface area (Å²) in [7, 11) is 0. The van der Waals surface area contributed by atoms with Gasteiger partial charge in [0.15, 0.2) is 6.10 Å². The van der Waals surface area contributed by atoms with Gasteiger partial charge in [-0.3, -0.25) is 4.79 Å². The molecule has 0 aromatic carbocycles. The van der Waals surface area contributed by atoms with Crippen LogP contribution in [-0.2, 0) is 4.79 Å². The minimum atomic E-state index is -4.68. The Morgan fingerprint density at radius 1 is 1.60 bits per heavy atom. The van der Waals surface area contributed by atoms with E-state index in [0.717, 1.165) is 0 Å². The van der Waals surface area contributed by atoms with Gasteiger partial charge in [0, 0.05) is 6.54 Å². The summed E-state index contributed by atoms with van der Waals surface area (Å²) < 4.78 is 35.6. The lowest BCUT2D eigenvalue weighted by molar-refractivity contribution is -0.201. The van der Waals surface area contributed by atoms with Crippen LogP contribution < -0.4 is 10.6 Å². The van der Waals surface area contributed by atoms with Gasteiger partial charge in [0.25, 0.3) is 0 Å². The average Bonchev–Trinajstić information content (AvgIpc) is 2.64. The van der Waals surface area contributed by atoms with Crippen LogP contribution in [0.15, 0.2) is 0 Å². The van der Waals surface area contributed by atoms with E-state index in [9.17, 15) is 18.0 Å². The molecule has 1 amide bonds. The quantitative estimate of drug-likeness (QED) is 0.615. The molecule has 0 spiro atoms. The maximum atomic E-state index is 11.9. The van der Waals surface area contributed by atoms with E-state index in [0.29, 0.717) is 19.5 Å². The Labute approximate surface area is 84.8 Å². The summed E-state index contributed by atoms with van der Waals surface area (Å²) in [6, 6.07) is 0. The first kappa shape index (κ1) is 12.3. The Hall–Kier alpha value is -0.820. The first-order valence-corrected chi connectivity index (χ1v) is 4.64. The first-order valence-electron chi connectivity index (χ1n) is 4.64. The molecule has 1 saturated heterocycles. The van der Waals surface area contributed by atoms with Gasteiger partial charge in [-0.25, -0.2) is 0 Å². The highest BCUT2D eigenvalue weighted by Crippen LogP contribution is 2.19. The van der Waals surface area contributed by atoms with E-state index in [2.05, 4.69) is 10.6 Å². The molecule has 7 heteroatoms. The van der Waals surface area contributed by atoms with E-state index in [1.807, 2.05) is 0 Å². The second-order valence-electron chi connectivity index (χ2n) is 3.49. The smallest absolute Gasteiger partial charge is 0.382 e. The molecule has 1 aliphatic heterocycles.